The number of carbonyl (C=O) groups excluding carboxylic acids is 2. The summed E-state index contributed by atoms with van der Waals surface area (Å²) in [5, 5.41) is 3.66. The third-order valence-corrected chi connectivity index (χ3v) is 8.06. The van der Waals surface area contributed by atoms with Gasteiger partial charge in [0.2, 0.25) is 0 Å². The third kappa shape index (κ3) is 6.45. The molecule has 1 saturated heterocycles. The number of ether oxygens (including phenoxy) is 4. The highest BCUT2D eigenvalue weighted by molar-refractivity contribution is 7.17. The van der Waals surface area contributed by atoms with Crippen LogP contribution in [0.4, 0.5) is 9.80 Å². The Hall–Kier alpha value is -3.06. The molecule has 8 nitrogen and oxygen atoms in total. The van der Waals surface area contributed by atoms with Gasteiger partial charge >= 0.3 is 12.1 Å². The van der Waals surface area contributed by atoms with Gasteiger partial charge in [-0.1, -0.05) is 42.2 Å². The van der Waals surface area contributed by atoms with Crippen LogP contribution in [0.2, 0.25) is 0 Å². The second kappa shape index (κ2) is 12.5. The van der Waals surface area contributed by atoms with E-state index in [9.17, 15) is 9.59 Å². The van der Waals surface area contributed by atoms with Crippen LogP contribution in [0.15, 0.2) is 30.3 Å². The van der Waals surface area contributed by atoms with Crippen LogP contribution in [0.1, 0.15) is 59.0 Å². The Morgan fingerprint density at radius 1 is 1.19 bits per heavy atom. The number of nitrogens with one attached hydrogen (secondary N) is 1. The molecule has 2 aromatic rings. The van der Waals surface area contributed by atoms with Crippen LogP contribution in [0.5, 0.6) is 0 Å². The van der Waals surface area contributed by atoms with Crippen molar-refractivity contribution in [1.29, 1.82) is 0 Å². The second-order valence-corrected chi connectivity index (χ2v) is 10.1. The Morgan fingerprint density at radius 3 is 2.54 bits per heavy atom. The summed E-state index contributed by atoms with van der Waals surface area (Å²) in [4.78, 5) is 27.7. The lowest BCUT2D eigenvalue weighted by molar-refractivity contribution is -0.178. The van der Waals surface area contributed by atoms with Crippen LogP contribution in [0.3, 0.4) is 0 Å². The van der Waals surface area contributed by atoms with Crippen molar-refractivity contribution in [3.8, 4) is 11.8 Å². The van der Waals surface area contributed by atoms with Gasteiger partial charge in [-0.25, -0.2) is 9.59 Å². The number of alkyl carbamates (subject to hydrolysis) is 1. The number of esters is 1. The van der Waals surface area contributed by atoms with E-state index >= 15 is 0 Å². The summed E-state index contributed by atoms with van der Waals surface area (Å²) in [5.74, 6) is 5.20. The second-order valence-electron chi connectivity index (χ2n) is 9.07. The number of nitrogens with zero attached hydrogens (tertiary/aromatic N) is 1. The lowest BCUT2D eigenvalue weighted by Crippen LogP contribution is -2.44. The maximum Gasteiger partial charge on any atom is 0.408 e. The van der Waals surface area contributed by atoms with Crippen LogP contribution in [0.25, 0.3) is 0 Å². The Morgan fingerprint density at radius 2 is 1.89 bits per heavy atom. The molecule has 0 bridgehead atoms. The van der Waals surface area contributed by atoms with Gasteiger partial charge in [-0.3, -0.25) is 0 Å². The molecule has 1 spiro atoms. The fourth-order valence-electron chi connectivity index (χ4n) is 4.93. The van der Waals surface area contributed by atoms with E-state index in [-0.39, 0.29) is 13.2 Å². The monoisotopic (exact) mass is 526 g/mol. The summed E-state index contributed by atoms with van der Waals surface area (Å²) in [6, 6.07) is 9.79. The number of rotatable bonds is 7. The molecule has 9 heteroatoms. The van der Waals surface area contributed by atoms with Crippen molar-refractivity contribution in [2.45, 2.75) is 58.0 Å². The molecule has 0 atom stereocenters. The van der Waals surface area contributed by atoms with E-state index in [1.165, 1.54) is 18.4 Å². The largest absolute Gasteiger partial charge is 0.465 e. The Labute approximate surface area is 222 Å². The van der Waals surface area contributed by atoms with E-state index in [2.05, 4.69) is 29.0 Å². The lowest BCUT2D eigenvalue weighted by Gasteiger charge is -2.40. The van der Waals surface area contributed by atoms with E-state index in [0.29, 0.717) is 29.7 Å². The number of benzene rings is 1. The number of methoxy groups -OCH3 is 1. The molecular weight excluding hydrogens is 492 g/mol. The topological polar surface area (TPSA) is 86.3 Å². The number of amides is 1. The molecule has 4 rings (SSSR count). The number of carbonyl (C=O) groups is 2. The first-order chi connectivity index (χ1) is 18.0. The summed E-state index contributed by atoms with van der Waals surface area (Å²) >= 11 is 1.49. The molecule has 2 aliphatic rings. The van der Waals surface area contributed by atoms with Crippen molar-refractivity contribution in [1.82, 2.24) is 5.32 Å². The number of hydrogen-bond donors (Lipinski definition) is 1. The molecule has 198 valence electrons. The maximum absolute atomic E-state index is 12.7. The molecule has 0 radical (unpaired) electrons. The zero-order valence-corrected chi connectivity index (χ0v) is 22.4. The Bertz CT molecular complexity index is 1140. The van der Waals surface area contributed by atoms with Gasteiger partial charge in [0, 0.05) is 25.4 Å². The van der Waals surface area contributed by atoms with Crippen molar-refractivity contribution in [3.63, 3.8) is 0 Å². The highest BCUT2D eigenvalue weighted by Gasteiger charge is 2.42. The van der Waals surface area contributed by atoms with Gasteiger partial charge in [0.1, 0.15) is 6.61 Å². The molecule has 1 aliphatic carbocycles. The highest BCUT2D eigenvalue weighted by Crippen LogP contribution is 2.42. The Kier molecular flexibility index (Phi) is 9.09. The molecule has 1 N–H and O–H groups in total. The fourth-order valence-corrected chi connectivity index (χ4v) is 6.24. The SMILES string of the molecule is CCN(c1sc(C#CCNC(=O)OCc2ccccc2)c(C(=O)OC)c1C)C1CCC2(CC1)OCCO2. The standard InChI is InChI=1S/C28H34N2O6S/c1-4-30(22-12-14-28(15-13-22)35-17-18-36-28)25-20(2)24(26(31)33-3)23(37-25)11-8-16-29-27(32)34-19-21-9-6-5-7-10-21/h5-7,9-10,22H,4,12-19H2,1-3H3,(H,29,32). The van der Waals surface area contributed by atoms with Crippen LogP contribution in [-0.2, 0) is 25.6 Å². The predicted molar refractivity (Wildman–Crippen MR) is 142 cm³/mol. The molecule has 1 aliphatic heterocycles. The van der Waals surface area contributed by atoms with Gasteiger partial charge in [0.25, 0.3) is 0 Å². The molecule has 1 aromatic heterocycles. The maximum atomic E-state index is 12.7. The van der Waals surface area contributed by atoms with Gasteiger partial charge in [-0.2, -0.15) is 0 Å². The summed E-state index contributed by atoms with van der Waals surface area (Å²) in [7, 11) is 1.38. The molecule has 2 heterocycles. The normalized spacial score (nSPS) is 16.6. The average Bonchev–Trinajstić information content (AvgIpc) is 3.51. The smallest absolute Gasteiger partial charge is 0.408 e. The summed E-state index contributed by atoms with van der Waals surface area (Å²) in [6.07, 6.45) is 3.09. The van der Waals surface area contributed by atoms with Crippen molar-refractivity contribution in [2.75, 3.05) is 38.3 Å². The van der Waals surface area contributed by atoms with Crippen molar-refractivity contribution >= 4 is 28.4 Å². The molecule has 1 saturated carbocycles. The quantitative estimate of drug-likeness (QED) is 0.416. The fraction of sp³-hybridized carbons (Fsp3) is 0.500. The minimum Gasteiger partial charge on any atom is -0.465 e. The van der Waals surface area contributed by atoms with Crippen LogP contribution < -0.4 is 10.2 Å². The molecule has 1 aromatic carbocycles. The summed E-state index contributed by atoms with van der Waals surface area (Å²) < 4.78 is 22.1. The van der Waals surface area contributed by atoms with E-state index in [1.807, 2.05) is 37.3 Å². The zero-order valence-electron chi connectivity index (χ0n) is 21.6. The molecule has 37 heavy (non-hydrogen) atoms. The predicted octanol–water partition coefficient (Wildman–Crippen LogP) is 4.63. The zero-order chi connectivity index (χ0) is 26.3. The average molecular weight is 527 g/mol. The number of anilines is 1. The van der Waals surface area contributed by atoms with Crippen molar-refractivity contribution < 1.29 is 28.5 Å². The van der Waals surface area contributed by atoms with E-state index in [4.69, 9.17) is 18.9 Å². The highest BCUT2D eigenvalue weighted by atomic mass is 32.1. The van der Waals surface area contributed by atoms with Gasteiger partial charge in [0.05, 0.1) is 42.3 Å². The molecule has 1 amide bonds. The third-order valence-electron chi connectivity index (χ3n) is 6.82. The molecular formula is C28H34N2O6S. The first-order valence-electron chi connectivity index (χ1n) is 12.7. The van der Waals surface area contributed by atoms with Crippen LogP contribution in [0, 0.1) is 18.8 Å². The number of hydrogen-bond acceptors (Lipinski definition) is 8. The minimum atomic E-state index is -0.545. The lowest BCUT2D eigenvalue weighted by atomic mass is 9.89. The van der Waals surface area contributed by atoms with E-state index < -0.39 is 17.8 Å². The summed E-state index contributed by atoms with van der Waals surface area (Å²) in [6.45, 7) is 6.49. The van der Waals surface area contributed by atoms with Gasteiger partial charge in [-0.15, -0.1) is 11.3 Å². The number of thiophene rings is 1. The van der Waals surface area contributed by atoms with Gasteiger partial charge < -0.3 is 29.2 Å². The first-order valence-corrected chi connectivity index (χ1v) is 13.5. The van der Waals surface area contributed by atoms with E-state index in [0.717, 1.165) is 48.4 Å². The first kappa shape index (κ1) is 27.0. The van der Waals surface area contributed by atoms with Crippen molar-refractivity contribution in [2.24, 2.45) is 0 Å². The van der Waals surface area contributed by atoms with Crippen molar-refractivity contribution in [3.05, 3.63) is 51.9 Å². The van der Waals surface area contributed by atoms with Crippen LogP contribution >= 0.6 is 11.3 Å². The van der Waals surface area contributed by atoms with E-state index in [1.54, 1.807) is 0 Å². The molecule has 2 fully saturated rings. The van der Waals surface area contributed by atoms with Crippen LogP contribution in [-0.4, -0.2) is 57.3 Å². The van der Waals surface area contributed by atoms with Gasteiger partial charge in [-0.05, 0) is 37.8 Å². The minimum absolute atomic E-state index is 0.0999. The summed E-state index contributed by atoms with van der Waals surface area (Å²) in [5.41, 5.74) is 2.26. The van der Waals surface area contributed by atoms with Gasteiger partial charge in [0.15, 0.2) is 5.79 Å². The Balaban J connectivity index is 1.42. The molecule has 0 unspecified atom stereocenters.